The zero-order valence-corrected chi connectivity index (χ0v) is 26.3. The van der Waals surface area contributed by atoms with Gasteiger partial charge in [-0.2, -0.15) is 5.10 Å². The maximum absolute atomic E-state index is 12.6. The van der Waals surface area contributed by atoms with E-state index >= 15 is 0 Å². The molecule has 6 rings (SSSR count). The normalized spacial score (nSPS) is 12.7. The molecule has 0 fully saturated rings. The van der Waals surface area contributed by atoms with Crippen molar-refractivity contribution >= 4 is 50.0 Å². The molecule has 43 heavy (non-hydrogen) atoms. The number of nitrogens with zero attached hydrogens (tertiary/aromatic N) is 4. The molecule has 3 aromatic carbocycles. The number of pyridine rings is 1. The van der Waals surface area contributed by atoms with Gasteiger partial charge in [-0.1, -0.05) is 29.8 Å². The lowest BCUT2D eigenvalue weighted by molar-refractivity contribution is -0.160. The molecule has 0 saturated heterocycles. The molecular weight excluding hydrogens is 580 g/mol. The van der Waals surface area contributed by atoms with E-state index in [-0.39, 0.29) is 0 Å². The number of hydrogen-bond acceptors (Lipinski definition) is 6. The first kappa shape index (κ1) is 29.0. The zero-order chi connectivity index (χ0) is 30.6. The number of aromatic nitrogens is 4. The Labute approximate surface area is 258 Å². The fourth-order valence-electron chi connectivity index (χ4n) is 5.48. The molecule has 1 atom stereocenters. The summed E-state index contributed by atoms with van der Waals surface area (Å²) in [6, 6.07) is 19.6. The van der Waals surface area contributed by atoms with Crippen LogP contribution in [0.3, 0.4) is 0 Å². The fourth-order valence-corrected chi connectivity index (χ4v) is 6.73. The number of thiazole rings is 1. The molecule has 0 radical (unpaired) electrons. The van der Waals surface area contributed by atoms with Gasteiger partial charge in [-0.15, -0.1) is 11.3 Å². The topological polar surface area (TPSA) is 90.1 Å². The van der Waals surface area contributed by atoms with Crippen LogP contribution in [0.5, 0.6) is 0 Å². The Kier molecular flexibility index (Phi) is 7.32. The second-order valence-corrected chi connectivity index (χ2v) is 13.1. The molecule has 0 aliphatic rings. The fraction of sp³-hybridized carbons (Fsp3) is 0.235. The minimum atomic E-state index is -1.17. The van der Waals surface area contributed by atoms with Crippen LogP contribution in [0.2, 0.25) is 5.02 Å². The first-order valence-corrected chi connectivity index (χ1v) is 15.1. The van der Waals surface area contributed by atoms with Crippen molar-refractivity contribution < 1.29 is 14.6 Å². The average Bonchev–Trinajstić information content (AvgIpc) is 3.51. The van der Waals surface area contributed by atoms with Crippen molar-refractivity contribution in [1.29, 1.82) is 0 Å². The lowest BCUT2D eigenvalue weighted by Gasteiger charge is -2.28. The SMILES string of the molecule is Cc1cc2nc(-c3ccnc(-c4ccc5c(c4)c(C)nn5C)c3)sc2c(-c2ccc(Cl)cc2)c1C(OC(C)(C)C)C(=O)O. The van der Waals surface area contributed by atoms with Gasteiger partial charge in [0.2, 0.25) is 0 Å². The molecule has 218 valence electrons. The molecular formula is C34H31ClN4O3S. The molecule has 0 aliphatic heterocycles. The van der Waals surface area contributed by atoms with E-state index in [9.17, 15) is 9.90 Å². The number of ether oxygens (including phenoxy) is 1. The Morgan fingerprint density at radius 2 is 1.72 bits per heavy atom. The van der Waals surface area contributed by atoms with Gasteiger partial charge < -0.3 is 9.84 Å². The number of carboxylic acids is 1. The summed E-state index contributed by atoms with van der Waals surface area (Å²) in [6.45, 7) is 9.50. The van der Waals surface area contributed by atoms with Crippen LogP contribution < -0.4 is 0 Å². The number of fused-ring (bicyclic) bond motifs is 2. The number of rotatable bonds is 6. The highest BCUT2D eigenvalue weighted by Gasteiger charge is 2.32. The molecule has 0 spiro atoms. The van der Waals surface area contributed by atoms with Gasteiger partial charge >= 0.3 is 5.97 Å². The molecule has 3 heterocycles. The summed E-state index contributed by atoms with van der Waals surface area (Å²) in [5.74, 6) is -1.04. The molecule has 9 heteroatoms. The smallest absolute Gasteiger partial charge is 0.337 e. The number of benzene rings is 3. The van der Waals surface area contributed by atoms with Crippen LogP contribution in [0, 0.1) is 13.8 Å². The molecule has 0 bridgehead atoms. The van der Waals surface area contributed by atoms with Crippen molar-refractivity contribution in [2.45, 2.75) is 46.3 Å². The monoisotopic (exact) mass is 610 g/mol. The summed E-state index contributed by atoms with van der Waals surface area (Å²) in [6.07, 6.45) is 0.629. The van der Waals surface area contributed by atoms with Crippen molar-refractivity contribution in [3.63, 3.8) is 0 Å². The average molecular weight is 611 g/mol. The lowest BCUT2D eigenvalue weighted by atomic mass is 9.91. The van der Waals surface area contributed by atoms with Crippen molar-refractivity contribution in [1.82, 2.24) is 19.7 Å². The molecule has 7 nitrogen and oxygen atoms in total. The van der Waals surface area contributed by atoms with Gasteiger partial charge in [0.1, 0.15) is 5.01 Å². The summed E-state index contributed by atoms with van der Waals surface area (Å²) < 4.78 is 8.91. The van der Waals surface area contributed by atoms with E-state index in [0.29, 0.717) is 10.6 Å². The molecule has 1 unspecified atom stereocenters. The highest BCUT2D eigenvalue weighted by Crippen LogP contribution is 2.44. The zero-order valence-electron chi connectivity index (χ0n) is 24.8. The third-order valence-corrected chi connectivity index (χ3v) is 8.75. The maximum Gasteiger partial charge on any atom is 0.337 e. The minimum absolute atomic E-state index is 0.601. The highest BCUT2D eigenvalue weighted by atomic mass is 35.5. The van der Waals surface area contributed by atoms with Crippen LogP contribution in [0.4, 0.5) is 0 Å². The molecule has 0 aliphatic carbocycles. The van der Waals surface area contributed by atoms with Crippen molar-refractivity contribution in [3.8, 4) is 33.0 Å². The Bertz CT molecular complexity index is 2020. The summed E-state index contributed by atoms with van der Waals surface area (Å²) in [4.78, 5) is 22.3. The van der Waals surface area contributed by atoms with E-state index in [1.165, 1.54) is 11.3 Å². The Hall–Kier alpha value is -4.11. The number of aliphatic carboxylic acids is 1. The summed E-state index contributed by atoms with van der Waals surface area (Å²) in [7, 11) is 1.94. The van der Waals surface area contributed by atoms with Crippen LogP contribution in [0.25, 0.3) is 54.1 Å². The molecule has 6 aromatic rings. The molecule has 0 saturated carbocycles. The Balaban J connectivity index is 1.53. The number of carbonyl (C=O) groups is 1. The van der Waals surface area contributed by atoms with Crippen molar-refractivity contribution in [3.05, 3.63) is 88.7 Å². The molecule has 3 aromatic heterocycles. The first-order valence-electron chi connectivity index (χ1n) is 13.9. The van der Waals surface area contributed by atoms with Gasteiger partial charge in [-0.05, 0) is 88.2 Å². The van der Waals surface area contributed by atoms with E-state index < -0.39 is 17.7 Å². The van der Waals surface area contributed by atoms with Crippen LogP contribution in [0.1, 0.15) is 43.7 Å². The van der Waals surface area contributed by atoms with E-state index in [4.69, 9.17) is 21.3 Å². The second-order valence-electron chi connectivity index (χ2n) is 11.7. The van der Waals surface area contributed by atoms with E-state index in [1.54, 1.807) is 6.20 Å². The number of halogens is 1. The number of carboxylic acid groups (broad SMARTS) is 1. The second kappa shape index (κ2) is 10.9. The van der Waals surface area contributed by atoms with Gasteiger partial charge in [0.25, 0.3) is 0 Å². The standard InChI is InChI=1S/C34H31ClN4O3S/c1-18-15-26-31(29(20-7-10-23(35)11-8-20)28(18)30(33(40)41)42-34(3,4)5)43-32(37-26)22-13-14-36-25(17-22)21-9-12-27-24(16-21)19(2)38-39(27)6/h7-17,30H,1-6H3,(H,40,41). The van der Waals surface area contributed by atoms with Gasteiger partial charge in [0.15, 0.2) is 6.10 Å². The summed E-state index contributed by atoms with van der Waals surface area (Å²) in [5.41, 5.74) is 7.96. The van der Waals surface area contributed by atoms with E-state index in [1.807, 2.05) is 88.8 Å². The van der Waals surface area contributed by atoms with Gasteiger partial charge in [0.05, 0.1) is 32.7 Å². The van der Waals surface area contributed by atoms with Gasteiger partial charge in [0, 0.05) is 45.9 Å². The number of aryl methyl sites for hydroxylation is 3. The van der Waals surface area contributed by atoms with Gasteiger partial charge in [-0.3, -0.25) is 9.67 Å². The summed E-state index contributed by atoms with van der Waals surface area (Å²) in [5, 5.41) is 17.4. The largest absolute Gasteiger partial charge is 0.479 e. The van der Waals surface area contributed by atoms with E-state index in [0.717, 1.165) is 65.3 Å². The van der Waals surface area contributed by atoms with Crippen LogP contribution in [0.15, 0.2) is 66.9 Å². The quantitative estimate of drug-likeness (QED) is 0.203. The molecule has 0 amide bonds. The van der Waals surface area contributed by atoms with Crippen LogP contribution in [-0.2, 0) is 16.6 Å². The number of hydrogen-bond donors (Lipinski definition) is 1. The van der Waals surface area contributed by atoms with Crippen LogP contribution in [-0.4, -0.2) is 36.4 Å². The molecule has 1 N–H and O–H groups in total. The third-order valence-electron chi connectivity index (χ3n) is 7.36. The Morgan fingerprint density at radius 3 is 2.42 bits per heavy atom. The predicted octanol–water partition coefficient (Wildman–Crippen LogP) is 8.79. The lowest BCUT2D eigenvalue weighted by Crippen LogP contribution is -2.28. The minimum Gasteiger partial charge on any atom is -0.479 e. The van der Waals surface area contributed by atoms with Crippen molar-refractivity contribution in [2.24, 2.45) is 7.05 Å². The first-order chi connectivity index (χ1) is 20.4. The van der Waals surface area contributed by atoms with Crippen molar-refractivity contribution in [2.75, 3.05) is 0 Å². The van der Waals surface area contributed by atoms with E-state index in [2.05, 4.69) is 28.3 Å². The highest BCUT2D eigenvalue weighted by molar-refractivity contribution is 7.22. The van der Waals surface area contributed by atoms with Crippen LogP contribution >= 0.6 is 22.9 Å². The maximum atomic E-state index is 12.6. The predicted molar refractivity (Wildman–Crippen MR) is 174 cm³/mol. The van der Waals surface area contributed by atoms with Gasteiger partial charge in [-0.25, -0.2) is 9.78 Å². The third kappa shape index (κ3) is 5.54. The Morgan fingerprint density at radius 1 is 1.00 bits per heavy atom. The summed E-state index contributed by atoms with van der Waals surface area (Å²) >= 11 is 7.77.